The summed E-state index contributed by atoms with van der Waals surface area (Å²) < 4.78 is 0. The molecule has 1 fully saturated rings. The second-order valence-corrected chi connectivity index (χ2v) is 4.82. The van der Waals surface area contributed by atoms with Crippen LogP contribution in [0, 0.1) is 0 Å². The molecular weight excluding hydrogens is 244 g/mol. The van der Waals surface area contributed by atoms with Gasteiger partial charge in [0.1, 0.15) is 0 Å². The summed E-state index contributed by atoms with van der Waals surface area (Å²) in [7, 11) is 0. The molecule has 1 heterocycles. The van der Waals surface area contributed by atoms with Gasteiger partial charge in [0.25, 0.3) is 0 Å². The highest BCUT2D eigenvalue weighted by Gasteiger charge is 2.17. The number of carbonyl (C=O) groups excluding carboxylic acids is 1. The fourth-order valence-corrected chi connectivity index (χ4v) is 2.30. The van der Waals surface area contributed by atoms with Gasteiger partial charge in [-0.15, -0.1) is 0 Å². The van der Waals surface area contributed by atoms with Crippen LogP contribution in [0.1, 0.15) is 24.8 Å². The normalized spacial score (nSPS) is 18.2. The van der Waals surface area contributed by atoms with E-state index in [1.54, 1.807) is 24.3 Å². The number of amides is 1. The first-order valence-electron chi connectivity index (χ1n) is 6.47. The van der Waals surface area contributed by atoms with Crippen molar-refractivity contribution in [2.75, 3.05) is 11.9 Å². The zero-order valence-corrected chi connectivity index (χ0v) is 10.7. The van der Waals surface area contributed by atoms with Crippen molar-refractivity contribution in [1.29, 1.82) is 0 Å². The van der Waals surface area contributed by atoms with Crippen LogP contribution in [0.5, 0.6) is 0 Å². The average molecular weight is 262 g/mol. The Bertz CT molecular complexity index is 468. The molecule has 0 radical (unpaired) electrons. The van der Waals surface area contributed by atoms with Crippen molar-refractivity contribution in [3.05, 3.63) is 29.8 Å². The summed E-state index contributed by atoms with van der Waals surface area (Å²) in [6, 6.07) is 7.23. The highest BCUT2D eigenvalue weighted by atomic mass is 16.4. The molecule has 1 aromatic carbocycles. The van der Waals surface area contributed by atoms with E-state index in [1.165, 1.54) is 0 Å². The van der Waals surface area contributed by atoms with Gasteiger partial charge >= 0.3 is 5.97 Å². The Kier molecular flexibility index (Phi) is 4.52. The van der Waals surface area contributed by atoms with Gasteiger partial charge in [0, 0.05) is 18.2 Å². The SMILES string of the molecule is O=C(O)Cc1cccc(NC(=O)CC2CCCN2)c1. The summed E-state index contributed by atoms with van der Waals surface area (Å²) in [5.74, 6) is -0.912. The summed E-state index contributed by atoms with van der Waals surface area (Å²) in [5.41, 5.74) is 1.34. The Morgan fingerprint density at radius 2 is 2.26 bits per heavy atom. The third-order valence-electron chi connectivity index (χ3n) is 3.16. The summed E-state index contributed by atoms with van der Waals surface area (Å²) in [5, 5.41) is 14.8. The van der Waals surface area contributed by atoms with Gasteiger partial charge in [-0.25, -0.2) is 0 Å². The molecule has 1 saturated heterocycles. The standard InChI is InChI=1S/C14H18N2O3/c17-13(9-11-5-2-6-15-11)16-12-4-1-3-10(7-12)8-14(18)19/h1,3-4,7,11,15H,2,5-6,8-9H2,(H,16,17)(H,18,19). The topological polar surface area (TPSA) is 78.4 Å². The molecule has 102 valence electrons. The number of hydrogen-bond donors (Lipinski definition) is 3. The molecule has 1 unspecified atom stereocenters. The number of aliphatic carboxylic acids is 1. The second kappa shape index (κ2) is 6.33. The molecule has 19 heavy (non-hydrogen) atoms. The van der Waals surface area contributed by atoms with Crippen LogP contribution in [0.15, 0.2) is 24.3 Å². The molecule has 1 aromatic rings. The molecule has 1 amide bonds. The first kappa shape index (κ1) is 13.5. The number of rotatable bonds is 5. The van der Waals surface area contributed by atoms with E-state index in [1.807, 2.05) is 0 Å². The van der Waals surface area contributed by atoms with Crippen LogP contribution in [0.4, 0.5) is 5.69 Å². The van der Waals surface area contributed by atoms with E-state index in [0.717, 1.165) is 19.4 Å². The molecule has 1 aliphatic rings. The molecule has 0 aliphatic carbocycles. The molecule has 3 N–H and O–H groups in total. The first-order chi connectivity index (χ1) is 9.13. The minimum Gasteiger partial charge on any atom is -0.481 e. The van der Waals surface area contributed by atoms with Crippen LogP contribution < -0.4 is 10.6 Å². The lowest BCUT2D eigenvalue weighted by atomic mass is 10.1. The minimum absolute atomic E-state index is 0.0338. The molecule has 5 nitrogen and oxygen atoms in total. The summed E-state index contributed by atoms with van der Waals surface area (Å²) in [6.07, 6.45) is 2.58. The number of hydrogen-bond acceptors (Lipinski definition) is 3. The lowest BCUT2D eigenvalue weighted by Crippen LogP contribution is -2.27. The molecule has 0 aromatic heterocycles. The maximum atomic E-state index is 11.8. The predicted molar refractivity (Wildman–Crippen MR) is 72.1 cm³/mol. The molecule has 5 heteroatoms. The Hall–Kier alpha value is -1.88. The highest BCUT2D eigenvalue weighted by molar-refractivity contribution is 5.91. The van der Waals surface area contributed by atoms with Crippen molar-refractivity contribution in [2.24, 2.45) is 0 Å². The first-order valence-corrected chi connectivity index (χ1v) is 6.47. The Labute approximate surface area is 112 Å². The third-order valence-corrected chi connectivity index (χ3v) is 3.16. The van der Waals surface area contributed by atoms with E-state index < -0.39 is 5.97 Å². The smallest absolute Gasteiger partial charge is 0.307 e. The maximum absolute atomic E-state index is 11.8. The van der Waals surface area contributed by atoms with Crippen molar-refractivity contribution in [2.45, 2.75) is 31.7 Å². The second-order valence-electron chi connectivity index (χ2n) is 4.82. The van der Waals surface area contributed by atoms with Gasteiger partial charge in [0.2, 0.25) is 5.91 Å². The van der Waals surface area contributed by atoms with Gasteiger partial charge in [0.15, 0.2) is 0 Å². The van der Waals surface area contributed by atoms with Crippen LogP contribution in [0.2, 0.25) is 0 Å². The molecule has 0 bridgehead atoms. The molecule has 2 rings (SSSR count). The molecule has 0 saturated carbocycles. The summed E-state index contributed by atoms with van der Waals surface area (Å²) in [6.45, 7) is 0.978. The van der Waals surface area contributed by atoms with Gasteiger partial charge in [-0.3, -0.25) is 9.59 Å². The molecular formula is C14H18N2O3. The fraction of sp³-hybridized carbons (Fsp3) is 0.429. The van der Waals surface area contributed by atoms with Gasteiger partial charge in [-0.2, -0.15) is 0 Å². The number of benzene rings is 1. The molecule has 1 aliphatic heterocycles. The van der Waals surface area contributed by atoms with Crippen LogP contribution >= 0.6 is 0 Å². The summed E-state index contributed by atoms with van der Waals surface area (Å²) >= 11 is 0. The number of carboxylic acid groups (broad SMARTS) is 1. The van der Waals surface area contributed by atoms with E-state index in [9.17, 15) is 9.59 Å². The van der Waals surface area contributed by atoms with Crippen molar-refractivity contribution < 1.29 is 14.7 Å². The lowest BCUT2D eigenvalue weighted by molar-refractivity contribution is -0.136. The van der Waals surface area contributed by atoms with Crippen molar-refractivity contribution in [3.63, 3.8) is 0 Å². The van der Waals surface area contributed by atoms with E-state index in [-0.39, 0.29) is 18.4 Å². The zero-order valence-electron chi connectivity index (χ0n) is 10.7. The van der Waals surface area contributed by atoms with Crippen molar-refractivity contribution in [1.82, 2.24) is 5.32 Å². The summed E-state index contributed by atoms with van der Waals surface area (Å²) in [4.78, 5) is 22.5. The molecule has 0 spiro atoms. The number of carboxylic acids is 1. The van der Waals surface area contributed by atoms with Crippen molar-refractivity contribution >= 4 is 17.6 Å². The van der Waals surface area contributed by atoms with Gasteiger partial charge in [-0.1, -0.05) is 12.1 Å². The third kappa shape index (κ3) is 4.37. The zero-order chi connectivity index (χ0) is 13.7. The van der Waals surface area contributed by atoms with E-state index >= 15 is 0 Å². The van der Waals surface area contributed by atoms with Gasteiger partial charge in [-0.05, 0) is 37.1 Å². The Morgan fingerprint density at radius 1 is 1.42 bits per heavy atom. The average Bonchev–Trinajstić information content (AvgIpc) is 2.81. The highest BCUT2D eigenvalue weighted by Crippen LogP contribution is 2.14. The lowest BCUT2D eigenvalue weighted by Gasteiger charge is -2.11. The quantitative estimate of drug-likeness (QED) is 0.749. The van der Waals surface area contributed by atoms with Crippen LogP contribution in [0.3, 0.4) is 0 Å². The van der Waals surface area contributed by atoms with Crippen LogP contribution in [0.25, 0.3) is 0 Å². The van der Waals surface area contributed by atoms with Gasteiger partial charge in [0.05, 0.1) is 6.42 Å². The van der Waals surface area contributed by atoms with Crippen LogP contribution in [-0.4, -0.2) is 29.6 Å². The number of nitrogens with one attached hydrogen (secondary N) is 2. The Morgan fingerprint density at radius 3 is 2.95 bits per heavy atom. The van der Waals surface area contributed by atoms with E-state index in [4.69, 9.17) is 5.11 Å². The monoisotopic (exact) mass is 262 g/mol. The predicted octanol–water partition coefficient (Wildman–Crippen LogP) is 1.39. The number of anilines is 1. The number of carbonyl (C=O) groups is 2. The van der Waals surface area contributed by atoms with Crippen LogP contribution in [-0.2, 0) is 16.0 Å². The van der Waals surface area contributed by atoms with Gasteiger partial charge < -0.3 is 15.7 Å². The fourth-order valence-electron chi connectivity index (χ4n) is 2.30. The minimum atomic E-state index is -0.876. The van der Waals surface area contributed by atoms with Crippen molar-refractivity contribution in [3.8, 4) is 0 Å². The largest absolute Gasteiger partial charge is 0.481 e. The molecule has 1 atom stereocenters. The van der Waals surface area contributed by atoms with E-state index in [2.05, 4.69) is 10.6 Å². The Balaban J connectivity index is 1.90. The van der Waals surface area contributed by atoms with E-state index in [0.29, 0.717) is 17.7 Å². The maximum Gasteiger partial charge on any atom is 0.307 e.